The predicted molar refractivity (Wildman–Crippen MR) is 153 cm³/mol. The molecular formula is C30H39N5O7. The summed E-state index contributed by atoms with van der Waals surface area (Å²) in [7, 11) is 1.65. The van der Waals surface area contributed by atoms with Gasteiger partial charge >= 0.3 is 12.1 Å². The molecule has 226 valence electrons. The number of piperazine rings is 1. The number of amides is 3. The lowest BCUT2D eigenvalue weighted by Crippen LogP contribution is -2.56. The number of ether oxygens (including phenoxy) is 2. The first-order valence-corrected chi connectivity index (χ1v) is 14.5. The molecule has 12 nitrogen and oxygen atoms in total. The van der Waals surface area contributed by atoms with Gasteiger partial charge in [0.1, 0.15) is 11.7 Å². The molecule has 1 aliphatic carbocycles. The molecule has 1 aliphatic heterocycles. The largest absolute Gasteiger partial charge is 0.481 e. The number of nitrogens with zero attached hydrogens (tertiary/aromatic N) is 4. The minimum absolute atomic E-state index is 0.0821. The Morgan fingerprint density at radius 2 is 1.79 bits per heavy atom. The van der Waals surface area contributed by atoms with Crippen molar-refractivity contribution in [3.63, 3.8) is 0 Å². The fourth-order valence-electron chi connectivity index (χ4n) is 4.98. The van der Waals surface area contributed by atoms with Crippen LogP contribution in [0.15, 0.2) is 36.4 Å². The highest BCUT2D eigenvalue weighted by molar-refractivity contribution is 5.96. The van der Waals surface area contributed by atoms with Gasteiger partial charge in [0.05, 0.1) is 6.61 Å². The van der Waals surface area contributed by atoms with Crippen molar-refractivity contribution >= 4 is 23.9 Å². The molecule has 42 heavy (non-hydrogen) atoms. The van der Waals surface area contributed by atoms with E-state index in [1.807, 2.05) is 37.3 Å². The van der Waals surface area contributed by atoms with E-state index in [0.717, 1.165) is 30.5 Å². The quantitative estimate of drug-likeness (QED) is 0.340. The van der Waals surface area contributed by atoms with Crippen molar-refractivity contribution in [1.82, 2.24) is 25.1 Å². The van der Waals surface area contributed by atoms with Gasteiger partial charge in [0.2, 0.25) is 5.91 Å². The van der Waals surface area contributed by atoms with Gasteiger partial charge < -0.3 is 29.7 Å². The number of benzene rings is 1. The van der Waals surface area contributed by atoms with Gasteiger partial charge in [0.25, 0.3) is 5.91 Å². The third-order valence-electron chi connectivity index (χ3n) is 7.52. The number of rotatable bonds is 13. The molecule has 0 bridgehead atoms. The number of aromatic nitrogens is 2. The minimum atomic E-state index is -1.07. The van der Waals surface area contributed by atoms with E-state index < -0.39 is 29.9 Å². The van der Waals surface area contributed by atoms with E-state index in [-0.39, 0.29) is 50.6 Å². The molecular weight excluding hydrogens is 542 g/mol. The van der Waals surface area contributed by atoms with Crippen LogP contribution >= 0.6 is 0 Å². The van der Waals surface area contributed by atoms with Crippen LogP contribution in [0.5, 0.6) is 0 Å². The van der Waals surface area contributed by atoms with E-state index in [2.05, 4.69) is 10.3 Å². The van der Waals surface area contributed by atoms with Crippen molar-refractivity contribution in [3.05, 3.63) is 47.8 Å². The average molecular weight is 582 g/mol. The predicted octanol–water partition coefficient (Wildman–Crippen LogP) is 2.94. The molecule has 3 amide bonds. The van der Waals surface area contributed by atoms with Gasteiger partial charge in [-0.05, 0) is 31.2 Å². The summed E-state index contributed by atoms with van der Waals surface area (Å²) in [6, 6.07) is 9.89. The zero-order valence-electron chi connectivity index (χ0n) is 24.2. The van der Waals surface area contributed by atoms with Crippen LogP contribution in [0.2, 0.25) is 0 Å². The van der Waals surface area contributed by atoms with Crippen molar-refractivity contribution in [2.45, 2.75) is 51.0 Å². The SMILES string of the molecule is CCCCOC(=O)N1CCN(C(=O)[C@H](CCC(=O)O)NC(=O)c2cc([C@@H]3C[C@H]3COC)nc(-c3ccccc3)n2)CC1. The molecule has 0 unspecified atom stereocenters. The second-order valence-electron chi connectivity index (χ2n) is 10.7. The van der Waals surface area contributed by atoms with Crippen LogP contribution in [0.3, 0.4) is 0 Å². The molecule has 3 atom stereocenters. The van der Waals surface area contributed by atoms with E-state index in [4.69, 9.17) is 14.5 Å². The first-order chi connectivity index (χ1) is 20.3. The lowest BCUT2D eigenvalue weighted by Gasteiger charge is -2.36. The zero-order valence-corrected chi connectivity index (χ0v) is 24.2. The van der Waals surface area contributed by atoms with Crippen LogP contribution in [0.4, 0.5) is 4.79 Å². The topological polar surface area (TPSA) is 151 Å². The molecule has 2 aliphatic rings. The van der Waals surface area contributed by atoms with Crippen molar-refractivity contribution in [2.24, 2.45) is 5.92 Å². The molecule has 2 heterocycles. The highest BCUT2D eigenvalue weighted by Gasteiger charge is 2.40. The number of hydrogen-bond acceptors (Lipinski definition) is 8. The Hall–Kier alpha value is -4.06. The number of methoxy groups -OCH3 is 1. The molecule has 2 fully saturated rings. The third kappa shape index (κ3) is 8.25. The Kier molecular flexibility index (Phi) is 10.8. The number of hydrogen-bond donors (Lipinski definition) is 2. The van der Waals surface area contributed by atoms with E-state index in [9.17, 15) is 24.3 Å². The van der Waals surface area contributed by atoms with Gasteiger partial charge in [-0.1, -0.05) is 43.7 Å². The maximum absolute atomic E-state index is 13.5. The number of unbranched alkanes of at least 4 members (excludes halogenated alkanes) is 1. The van der Waals surface area contributed by atoms with Crippen molar-refractivity contribution in [3.8, 4) is 11.4 Å². The standard InChI is InChI=1S/C30H39N5O7/c1-3-4-16-42-30(40)35-14-12-34(13-15-35)29(39)23(10-11-26(36)37)33-28(38)25-18-24(22-17-21(22)19-41-2)31-27(32-25)20-8-6-5-7-9-20/h5-9,18,21-23H,3-4,10-17,19H2,1-2H3,(H,33,38)(H,36,37)/t21-,22+,23-/m0/s1. The van der Waals surface area contributed by atoms with Crippen LogP contribution in [-0.4, -0.2) is 101 Å². The summed E-state index contributed by atoms with van der Waals surface area (Å²) in [4.78, 5) is 63.0. The third-order valence-corrected chi connectivity index (χ3v) is 7.52. The van der Waals surface area contributed by atoms with Gasteiger partial charge in [-0.3, -0.25) is 14.4 Å². The number of nitrogens with one attached hydrogen (secondary N) is 1. The van der Waals surface area contributed by atoms with E-state index in [1.54, 1.807) is 23.0 Å². The summed E-state index contributed by atoms with van der Waals surface area (Å²) in [6.45, 7) is 4.02. The molecule has 1 aromatic heterocycles. The number of carbonyl (C=O) groups is 4. The highest BCUT2D eigenvalue weighted by atomic mass is 16.6. The van der Waals surface area contributed by atoms with Crippen LogP contribution in [0, 0.1) is 5.92 Å². The molecule has 1 saturated carbocycles. The number of carboxylic acid groups (broad SMARTS) is 1. The van der Waals surface area contributed by atoms with E-state index >= 15 is 0 Å². The van der Waals surface area contributed by atoms with Gasteiger partial charge in [-0.15, -0.1) is 0 Å². The molecule has 1 saturated heterocycles. The van der Waals surface area contributed by atoms with Gasteiger partial charge in [0, 0.05) is 63.5 Å². The monoisotopic (exact) mass is 581 g/mol. The normalized spacial score (nSPS) is 18.7. The van der Waals surface area contributed by atoms with Crippen LogP contribution < -0.4 is 5.32 Å². The first-order valence-electron chi connectivity index (χ1n) is 14.5. The zero-order chi connectivity index (χ0) is 30.1. The number of aliphatic carboxylic acids is 1. The molecule has 12 heteroatoms. The molecule has 0 radical (unpaired) electrons. The fraction of sp³-hybridized carbons (Fsp3) is 0.533. The van der Waals surface area contributed by atoms with Crippen LogP contribution in [0.1, 0.15) is 61.1 Å². The molecule has 4 rings (SSSR count). The summed E-state index contributed by atoms with van der Waals surface area (Å²) in [6.07, 6.45) is 1.79. The van der Waals surface area contributed by atoms with Crippen molar-refractivity contribution in [1.29, 1.82) is 0 Å². The first kappa shape index (κ1) is 30.9. The summed E-state index contributed by atoms with van der Waals surface area (Å²) in [5.74, 6) is -1.22. The molecule has 2 aromatic rings. The fourth-order valence-corrected chi connectivity index (χ4v) is 4.98. The highest BCUT2D eigenvalue weighted by Crippen LogP contribution is 2.47. The van der Waals surface area contributed by atoms with Crippen molar-refractivity contribution < 1.29 is 33.8 Å². The summed E-state index contributed by atoms with van der Waals surface area (Å²) in [5.41, 5.74) is 1.59. The Morgan fingerprint density at radius 3 is 2.45 bits per heavy atom. The van der Waals surface area contributed by atoms with Gasteiger partial charge in [-0.2, -0.15) is 0 Å². The van der Waals surface area contributed by atoms with Crippen LogP contribution in [0.25, 0.3) is 11.4 Å². The van der Waals surface area contributed by atoms with Gasteiger partial charge in [0.15, 0.2) is 5.82 Å². The Morgan fingerprint density at radius 1 is 1.07 bits per heavy atom. The maximum atomic E-state index is 13.5. The summed E-state index contributed by atoms with van der Waals surface area (Å²) < 4.78 is 10.6. The van der Waals surface area contributed by atoms with Crippen molar-refractivity contribution in [2.75, 3.05) is 46.5 Å². The Bertz CT molecular complexity index is 1250. The maximum Gasteiger partial charge on any atom is 0.409 e. The summed E-state index contributed by atoms with van der Waals surface area (Å²) in [5, 5.41) is 12.0. The number of carbonyl (C=O) groups excluding carboxylic acids is 3. The van der Waals surface area contributed by atoms with Crippen LogP contribution in [-0.2, 0) is 19.1 Å². The average Bonchev–Trinajstić information content (AvgIpc) is 3.78. The lowest BCUT2D eigenvalue weighted by molar-refractivity contribution is -0.138. The van der Waals surface area contributed by atoms with E-state index in [0.29, 0.717) is 25.0 Å². The molecule has 1 aromatic carbocycles. The molecule has 0 spiro atoms. The van der Waals surface area contributed by atoms with E-state index in [1.165, 1.54) is 0 Å². The Balaban J connectivity index is 1.48. The minimum Gasteiger partial charge on any atom is -0.481 e. The van der Waals surface area contributed by atoms with Gasteiger partial charge in [-0.25, -0.2) is 14.8 Å². The number of carboxylic acids is 1. The molecule has 2 N–H and O–H groups in total. The smallest absolute Gasteiger partial charge is 0.409 e. The summed E-state index contributed by atoms with van der Waals surface area (Å²) >= 11 is 0. The second kappa shape index (κ2) is 14.7. The Labute approximate surface area is 245 Å². The second-order valence-corrected chi connectivity index (χ2v) is 10.7. The lowest BCUT2D eigenvalue weighted by atomic mass is 10.1.